The van der Waals surface area contributed by atoms with Gasteiger partial charge >= 0.3 is 0 Å². The molecule has 0 saturated heterocycles. The predicted octanol–water partition coefficient (Wildman–Crippen LogP) is 2.30. The van der Waals surface area contributed by atoms with Gasteiger partial charge < -0.3 is 19.2 Å². The van der Waals surface area contributed by atoms with Crippen LogP contribution in [0.4, 0.5) is 5.13 Å². The first-order chi connectivity index (χ1) is 13.0. The minimum Gasteiger partial charge on any atom is -0.496 e. The average molecular weight is 383 g/mol. The van der Waals surface area contributed by atoms with E-state index in [9.17, 15) is 9.59 Å². The molecular weight excluding hydrogens is 366 g/mol. The number of amides is 1. The summed E-state index contributed by atoms with van der Waals surface area (Å²) in [6.45, 7) is 1.94. The number of carbonyl (C=O) groups is 1. The second-order valence-electron chi connectivity index (χ2n) is 6.19. The summed E-state index contributed by atoms with van der Waals surface area (Å²) in [6, 6.07) is 5.58. The number of benzene rings is 1. The lowest BCUT2D eigenvalue weighted by molar-refractivity contribution is -0.116. The quantitative estimate of drug-likeness (QED) is 0.584. The van der Waals surface area contributed by atoms with Gasteiger partial charge in [-0.25, -0.2) is 9.97 Å². The number of methoxy groups -OCH3 is 1. The van der Waals surface area contributed by atoms with Gasteiger partial charge in [-0.05, 0) is 24.6 Å². The molecule has 4 rings (SSSR count). The number of imidazole rings is 1. The molecule has 0 spiro atoms. The molecule has 0 saturated carbocycles. The van der Waals surface area contributed by atoms with E-state index < -0.39 is 0 Å². The fourth-order valence-electron chi connectivity index (χ4n) is 2.93. The molecular formula is C18H17N5O3S. The molecule has 0 unspecified atom stereocenters. The van der Waals surface area contributed by atoms with E-state index in [1.807, 2.05) is 19.1 Å². The summed E-state index contributed by atoms with van der Waals surface area (Å²) < 4.78 is 9.28. The Hall–Kier alpha value is -3.20. The van der Waals surface area contributed by atoms with Crippen LogP contribution in [0.25, 0.3) is 21.3 Å². The molecule has 3 aromatic heterocycles. The van der Waals surface area contributed by atoms with Crippen LogP contribution in [0.3, 0.4) is 0 Å². The summed E-state index contributed by atoms with van der Waals surface area (Å²) >= 11 is 1.39. The van der Waals surface area contributed by atoms with Crippen LogP contribution < -0.4 is 15.6 Å². The van der Waals surface area contributed by atoms with E-state index in [1.54, 1.807) is 31.0 Å². The highest BCUT2D eigenvalue weighted by Gasteiger charge is 2.14. The van der Waals surface area contributed by atoms with Gasteiger partial charge in [-0.3, -0.25) is 9.59 Å². The minimum atomic E-state index is -0.275. The maximum absolute atomic E-state index is 12.5. The van der Waals surface area contributed by atoms with Gasteiger partial charge in [0, 0.05) is 19.3 Å². The van der Waals surface area contributed by atoms with Crippen LogP contribution in [-0.2, 0) is 18.4 Å². The zero-order valence-electron chi connectivity index (χ0n) is 15.0. The lowest BCUT2D eigenvalue weighted by Gasteiger charge is -2.04. The van der Waals surface area contributed by atoms with Gasteiger partial charge in [-0.15, -0.1) is 0 Å². The highest BCUT2D eigenvalue weighted by Crippen LogP contribution is 2.31. The number of pyridine rings is 1. The lowest BCUT2D eigenvalue weighted by Crippen LogP contribution is -2.22. The van der Waals surface area contributed by atoms with Crippen molar-refractivity contribution in [2.24, 2.45) is 7.05 Å². The van der Waals surface area contributed by atoms with E-state index in [-0.39, 0.29) is 18.0 Å². The molecule has 4 aromatic rings. The standard InChI is InChI=1S/C18H17N5O3S/c1-10-6-14-12(7-13(10)26-3)20-18(27-14)21-15(24)8-23-9-19-11-4-5-22(2)17(25)16(11)23/h4-7,9H,8H2,1-3H3,(H,20,21,24). The van der Waals surface area contributed by atoms with E-state index in [2.05, 4.69) is 15.3 Å². The van der Waals surface area contributed by atoms with Crippen molar-refractivity contribution in [1.29, 1.82) is 0 Å². The van der Waals surface area contributed by atoms with Crippen molar-refractivity contribution >= 4 is 43.6 Å². The number of nitrogens with zero attached hydrogens (tertiary/aromatic N) is 4. The number of anilines is 1. The molecule has 9 heteroatoms. The molecule has 0 atom stereocenters. The lowest BCUT2D eigenvalue weighted by atomic mass is 10.2. The van der Waals surface area contributed by atoms with Crippen LogP contribution >= 0.6 is 11.3 Å². The topological polar surface area (TPSA) is 91.0 Å². The number of aryl methyl sites for hydroxylation is 2. The molecule has 138 valence electrons. The Bertz CT molecular complexity index is 1240. The molecule has 0 fully saturated rings. The van der Waals surface area contributed by atoms with E-state index >= 15 is 0 Å². The van der Waals surface area contributed by atoms with Gasteiger partial charge in [0.05, 0.1) is 29.2 Å². The van der Waals surface area contributed by atoms with Crippen LogP contribution in [0.15, 0.2) is 35.5 Å². The minimum absolute atomic E-state index is 0.0198. The van der Waals surface area contributed by atoms with E-state index in [4.69, 9.17) is 4.74 Å². The number of fused-ring (bicyclic) bond motifs is 2. The molecule has 27 heavy (non-hydrogen) atoms. The van der Waals surface area contributed by atoms with Crippen molar-refractivity contribution in [3.8, 4) is 5.75 Å². The number of aromatic nitrogens is 4. The molecule has 0 aliphatic rings. The van der Waals surface area contributed by atoms with Crippen LogP contribution in [0.5, 0.6) is 5.75 Å². The van der Waals surface area contributed by atoms with Gasteiger partial charge in [0.15, 0.2) is 5.13 Å². The molecule has 3 heterocycles. The largest absolute Gasteiger partial charge is 0.496 e. The fourth-order valence-corrected chi connectivity index (χ4v) is 3.89. The third-order valence-electron chi connectivity index (χ3n) is 4.31. The van der Waals surface area contributed by atoms with Gasteiger partial charge in [0.25, 0.3) is 5.56 Å². The number of hydrogen-bond donors (Lipinski definition) is 1. The Kier molecular flexibility index (Phi) is 4.15. The Morgan fingerprint density at radius 3 is 2.93 bits per heavy atom. The van der Waals surface area contributed by atoms with Crippen molar-refractivity contribution in [2.75, 3.05) is 12.4 Å². The van der Waals surface area contributed by atoms with Crippen LogP contribution in [0.1, 0.15) is 5.56 Å². The van der Waals surface area contributed by atoms with Crippen LogP contribution in [-0.4, -0.2) is 32.1 Å². The molecule has 0 aliphatic heterocycles. The summed E-state index contributed by atoms with van der Waals surface area (Å²) in [4.78, 5) is 33.4. The normalized spacial score (nSPS) is 11.2. The van der Waals surface area contributed by atoms with Crippen LogP contribution in [0, 0.1) is 6.92 Å². The first-order valence-electron chi connectivity index (χ1n) is 8.22. The molecule has 0 radical (unpaired) electrons. The molecule has 1 aromatic carbocycles. The zero-order chi connectivity index (χ0) is 19.1. The van der Waals surface area contributed by atoms with Crippen molar-refractivity contribution in [1.82, 2.24) is 19.1 Å². The fraction of sp³-hybridized carbons (Fsp3) is 0.222. The number of rotatable bonds is 4. The Labute approximate surface area is 158 Å². The first-order valence-corrected chi connectivity index (χ1v) is 9.03. The summed E-state index contributed by atoms with van der Waals surface area (Å²) in [6.07, 6.45) is 3.15. The van der Waals surface area contributed by atoms with Gasteiger partial charge in [0.1, 0.15) is 17.8 Å². The average Bonchev–Trinajstić information content (AvgIpc) is 3.20. The second kappa shape index (κ2) is 6.51. The summed E-state index contributed by atoms with van der Waals surface area (Å²) in [5.41, 5.74) is 2.54. The molecule has 1 N–H and O–H groups in total. The van der Waals surface area contributed by atoms with Crippen molar-refractivity contribution in [3.63, 3.8) is 0 Å². The Balaban J connectivity index is 1.59. The Morgan fingerprint density at radius 2 is 2.15 bits per heavy atom. The smallest absolute Gasteiger partial charge is 0.276 e. The first kappa shape index (κ1) is 17.2. The summed E-state index contributed by atoms with van der Waals surface area (Å²) in [5, 5.41) is 3.30. The third kappa shape index (κ3) is 3.06. The maximum Gasteiger partial charge on any atom is 0.276 e. The zero-order valence-corrected chi connectivity index (χ0v) is 15.8. The van der Waals surface area contributed by atoms with E-state index in [0.717, 1.165) is 21.5 Å². The van der Waals surface area contributed by atoms with Gasteiger partial charge in [-0.2, -0.15) is 0 Å². The van der Waals surface area contributed by atoms with E-state index in [0.29, 0.717) is 16.2 Å². The van der Waals surface area contributed by atoms with Gasteiger partial charge in [0.2, 0.25) is 5.91 Å². The second-order valence-corrected chi connectivity index (χ2v) is 7.23. The SMILES string of the molecule is COc1cc2nc(NC(=O)Cn3cnc4ccn(C)c(=O)c43)sc2cc1C. The molecule has 0 bridgehead atoms. The number of thiazole rings is 1. The monoisotopic (exact) mass is 383 g/mol. The number of nitrogens with one attached hydrogen (secondary N) is 1. The summed E-state index contributed by atoms with van der Waals surface area (Å²) in [5.74, 6) is 0.481. The van der Waals surface area contributed by atoms with Gasteiger partial charge in [-0.1, -0.05) is 11.3 Å². The number of ether oxygens (including phenoxy) is 1. The van der Waals surface area contributed by atoms with Crippen molar-refractivity contribution < 1.29 is 9.53 Å². The highest BCUT2D eigenvalue weighted by atomic mass is 32.1. The maximum atomic E-state index is 12.5. The molecule has 0 aliphatic carbocycles. The molecule has 1 amide bonds. The van der Waals surface area contributed by atoms with Crippen molar-refractivity contribution in [3.05, 3.63) is 46.6 Å². The number of carbonyl (C=O) groups excluding carboxylic acids is 1. The van der Waals surface area contributed by atoms with Crippen molar-refractivity contribution in [2.45, 2.75) is 13.5 Å². The van der Waals surface area contributed by atoms with E-state index in [1.165, 1.54) is 22.2 Å². The highest BCUT2D eigenvalue weighted by molar-refractivity contribution is 7.22. The van der Waals surface area contributed by atoms with Crippen LogP contribution in [0.2, 0.25) is 0 Å². The predicted molar refractivity (Wildman–Crippen MR) is 105 cm³/mol. The Morgan fingerprint density at radius 1 is 1.33 bits per heavy atom. The molecule has 8 nitrogen and oxygen atoms in total. The third-order valence-corrected chi connectivity index (χ3v) is 5.24. The number of hydrogen-bond acceptors (Lipinski definition) is 6. The summed E-state index contributed by atoms with van der Waals surface area (Å²) in [7, 11) is 3.28.